The summed E-state index contributed by atoms with van der Waals surface area (Å²) in [5, 5.41) is 0. The van der Waals surface area contributed by atoms with Crippen molar-refractivity contribution in [1.29, 1.82) is 0 Å². The van der Waals surface area contributed by atoms with Gasteiger partial charge >= 0.3 is 21.7 Å². The fraction of sp³-hybridized carbons (Fsp3) is 0.875. The molecule has 0 heterocycles. The Morgan fingerprint density at radius 3 is 1.00 bits per heavy atom. The van der Waals surface area contributed by atoms with Crippen molar-refractivity contribution in [1.82, 2.24) is 0 Å². The molecule has 0 aliphatic carbocycles. The van der Waals surface area contributed by atoms with Gasteiger partial charge in [0.25, 0.3) is 0 Å². The molecule has 0 aromatic carbocycles. The summed E-state index contributed by atoms with van der Waals surface area (Å²) in [7, 11) is 0. The van der Waals surface area contributed by atoms with Crippen LogP contribution in [0.3, 0.4) is 0 Å². The average molecular weight is 308 g/mol. The van der Waals surface area contributed by atoms with E-state index in [9.17, 15) is 0 Å². The Balaban J connectivity index is -0.0000000594. The quantitative estimate of drug-likeness (QED) is 0.282. The van der Waals surface area contributed by atoms with Crippen LogP contribution in [0.4, 0.5) is 0 Å². The summed E-state index contributed by atoms with van der Waals surface area (Å²) in [6.45, 7) is 12.0. The van der Waals surface area contributed by atoms with Gasteiger partial charge in [-0.2, -0.15) is 12.8 Å². The van der Waals surface area contributed by atoms with Crippen molar-refractivity contribution in [3.8, 4) is 0 Å². The van der Waals surface area contributed by atoms with Crippen LogP contribution in [-0.2, 0) is 21.7 Å². The normalized spacial score (nSPS) is 8.21. The minimum Gasteiger partial charge on any atom is -0.870 e. The third kappa shape index (κ3) is 45.6. The molecule has 19 heavy (non-hydrogen) atoms. The SMILES string of the molecule is [CH2-]CCCCCCC.[CH2-]CCCCCCC.[OH-].[OH-].[Ti+4]. The Morgan fingerprint density at radius 2 is 0.789 bits per heavy atom. The van der Waals surface area contributed by atoms with Gasteiger partial charge in [0.15, 0.2) is 0 Å². The van der Waals surface area contributed by atoms with E-state index >= 15 is 0 Å². The van der Waals surface area contributed by atoms with E-state index < -0.39 is 0 Å². The zero-order chi connectivity index (χ0) is 12.5. The first-order valence-corrected chi connectivity index (χ1v) is 7.41. The van der Waals surface area contributed by atoms with Gasteiger partial charge < -0.3 is 24.8 Å². The molecule has 0 saturated carbocycles. The third-order valence-electron chi connectivity index (χ3n) is 2.71. The minimum absolute atomic E-state index is 0. The van der Waals surface area contributed by atoms with Gasteiger partial charge in [-0.05, 0) is 0 Å². The molecule has 0 aromatic heterocycles. The Kier molecular flexibility index (Phi) is 60.8. The molecule has 2 N–H and O–H groups in total. The van der Waals surface area contributed by atoms with Crippen molar-refractivity contribution >= 4 is 0 Å². The molecular weight excluding hydrogens is 272 g/mol. The number of hydrogen-bond donors (Lipinski definition) is 0. The van der Waals surface area contributed by atoms with Crippen molar-refractivity contribution in [2.24, 2.45) is 0 Å². The van der Waals surface area contributed by atoms with Crippen molar-refractivity contribution in [2.45, 2.75) is 90.9 Å². The van der Waals surface area contributed by atoms with E-state index in [2.05, 4.69) is 27.7 Å². The van der Waals surface area contributed by atoms with Gasteiger partial charge in [0, 0.05) is 0 Å². The second-order valence-electron chi connectivity index (χ2n) is 4.54. The number of rotatable bonds is 10. The topological polar surface area (TPSA) is 60.0 Å². The van der Waals surface area contributed by atoms with Crippen LogP contribution in [0.25, 0.3) is 0 Å². The van der Waals surface area contributed by atoms with Crippen molar-refractivity contribution in [3.05, 3.63) is 13.8 Å². The summed E-state index contributed by atoms with van der Waals surface area (Å²) in [6.07, 6.45) is 16.0. The summed E-state index contributed by atoms with van der Waals surface area (Å²) >= 11 is 0. The zero-order valence-electron chi connectivity index (χ0n) is 13.3. The van der Waals surface area contributed by atoms with Crippen LogP contribution in [-0.4, -0.2) is 11.0 Å². The van der Waals surface area contributed by atoms with Gasteiger partial charge in [-0.25, -0.2) is 0 Å². The Morgan fingerprint density at radius 1 is 0.526 bits per heavy atom. The van der Waals surface area contributed by atoms with Crippen molar-refractivity contribution in [2.75, 3.05) is 0 Å². The van der Waals surface area contributed by atoms with Crippen LogP contribution in [0.1, 0.15) is 90.9 Å². The molecule has 0 radical (unpaired) electrons. The van der Waals surface area contributed by atoms with Crippen LogP contribution < -0.4 is 0 Å². The summed E-state index contributed by atoms with van der Waals surface area (Å²) < 4.78 is 0. The monoisotopic (exact) mass is 308 g/mol. The number of unbranched alkanes of at least 4 members (excludes halogenated alkanes) is 10. The summed E-state index contributed by atoms with van der Waals surface area (Å²) in [6, 6.07) is 0. The van der Waals surface area contributed by atoms with Crippen LogP contribution in [0.5, 0.6) is 0 Å². The van der Waals surface area contributed by atoms with E-state index in [0.29, 0.717) is 0 Å². The molecule has 2 nitrogen and oxygen atoms in total. The maximum absolute atomic E-state index is 3.78. The second-order valence-corrected chi connectivity index (χ2v) is 4.54. The molecule has 0 atom stereocenters. The molecule has 0 aliphatic heterocycles. The average Bonchev–Trinajstić information content (AvgIpc) is 2.31. The third-order valence-corrected chi connectivity index (χ3v) is 2.71. The van der Waals surface area contributed by atoms with Gasteiger partial charge in [0.2, 0.25) is 0 Å². The van der Waals surface area contributed by atoms with Crippen LogP contribution in [0.2, 0.25) is 0 Å². The standard InChI is InChI=1S/2C8H17.2H2O.Ti/c2*1-3-5-7-8-6-4-2;;;/h2*1,3-8H2,2H3;2*1H2;/q2*-1;;;+4/p-2. The maximum atomic E-state index is 3.78. The first kappa shape index (κ1) is 31.8. The van der Waals surface area contributed by atoms with Crippen LogP contribution in [0, 0.1) is 13.8 Å². The number of hydrogen-bond acceptors (Lipinski definition) is 2. The van der Waals surface area contributed by atoms with Gasteiger partial charge in [0.1, 0.15) is 0 Å². The zero-order valence-corrected chi connectivity index (χ0v) is 14.9. The van der Waals surface area contributed by atoms with E-state index in [-0.39, 0.29) is 32.7 Å². The van der Waals surface area contributed by atoms with Crippen molar-refractivity contribution in [3.63, 3.8) is 0 Å². The maximum Gasteiger partial charge on any atom is 4.00 e. The Hall–Kier alpha value is 0.634. The fourth-order valence-electron chi connectivity index (χ4n) is 1.56. The molecule has 0 fully saturated rings. The summed E-state index contributed by atoms with van der Waals surface area (Å²) in [5.41, 5.74) is 0. The van der Waals surface area contributed by atoms with Gasteiger partial charge in [-0.1, -0.05) is 78.1 Å². The first-order chi connectivity index (χ1) is 7.83. The molecule has 0 bridgehead atoms. The van der Waals surface area contributed by atoms with E-state index in [1.807, 2.05) is 0 Å². The fourth-order valence-corrected chi connectivity index (χ4v) is 1.56. The molecule has 0 rings (SSSR count). The largest absolute Gasteiger partial charge is 4.00 e. The molecule has 0 spiro atoms. The van der Waals surface area contributed by atoms with E-state index in [1.54, 1.807) is 0 Å². The molecule has 0 unspecified atom stereocenters. The first-order valence-electron chi connectivity index (χ1n) is 7.41. The Bertz CT molecular complexity index is 76.7. The smallest absolute Gasteiger partial charge is 0.870 e. The van der Waals surface area contributed by atoms with Crippen molar-refractivity contribution < 1.29 is 32.7 Å². The van der Waals surface area contributed by atoms with Crippen LogP contribution >= 0.6 is 0 Å². The minimum atomic E-state index is 0. The molecule has 116 valence electrons. The van der Waals surface area contributed by atoms with Gasteiger partial charge in [-0.15, -0.1) is 0 Å². The molecule has 0 amide bonds. The van der Waals surface area contributed by atoms with E-state index in [1.165, 1.54) is 64.2 Å². The summed E-state index contributed by atoms with van der Waals surface area (Å²) in [5.74, 6) is 0. The predicted molar refractivity (Wildman–Crippen MR) is 81.3 cm³/mol. The van der Waals surface area contributed by atoms with Gasteiger partial charge in [0.05, 0.1) is 0 Å². The molecule has 0 saturated heterocycles. The molecule has 0 aromatic rings. The summed E-state index contributed by atoms with van der Waals surface area (Å²) in [4.78, 5) is 0. The van der Waals surface area contributed by atoms with Crippen LogP contribution in [0.15, 0.2) is 0 Å². The molecule has 3 heteroatoms. The van der Waals surface area contributed by atoms with Gasteiger partial charge in [-0.3, -0.25) is 0 Å². The van der Waals surface area contributed by atoms with E-state index in [4.69, 9.17) is 0 Å². The van der Waals surface area contributed by atoms with E-state index in [0.717, 1.165) is 12.8 Å². The molecule has 0 aliphatic rings. The second kappa shape index (κ2) is 36.3. The Labute approximate surface area is 137 Å². The molecular formula is C16H36O2Ti. The predicted octanol–water partition coefficient (Wildman–Crippen LogP) is 6.01.